The molecule has 0 spiro atoms. The standard InChI is InChI=1S/C31H32F2N8O/c1-4-20-23(32)9-10-24-26(20)21(12-25(42)36-24)28-27(33)29-22(13-35-28)30(39(2)14-17-6-5-11-34-17)38-31(37-29)41-15-18-7-8-19(16-41)40(18)3/h1,9-10,12-13,17-19,34H,5-8,11,14-16H2,2-3H3,(H,36,42)/t17-,18?,19?/m1/s1. The SMILES string of the molecule is C#Cc1c(F)ccc2[nH]c(=O)cc(-c3ncc4c(N(C)C[C@H]5CCCN5)nc(N5CC6CCC(C5)N6C)nc4c3F)c12. The number of nitrogens with zero attached hydrogens (tertiary/aromatic N) is 6. The van der Waals surface area contributed by atoms with Crippen molar-refractivity contribution in [1.82, 2.24) is 30.2 Å². The number of piperazine rings is 1. The molecule has 216 valence electrons. The van der Waals surface area contributed by atoms with Gasteiger partial charge in [-0.3, -0.25) is 14.7 Å². The number of anilines is 2. The minimum absolute atomic E-state index is 0.0687. The first-order valence-corrected chi connectivity index (χ1v) is 14.4. The highest BCUT2D eigenvalue weighted by molar-refractivity contribution is 6.00. The van der Waals surface area contributed by atoms with Crippen LogP contribution >= 0.6 is 0 Å². The molecule has 3 fully saturated rings. The average Bonchev–Trinajstić information content (AvgIpc) is 3.55. The largest absolute Gasteiger partial charge is 0.357 e. The molecular weight excluding hydrogens is 538 g/mol. The van der Waals surface area contributed by atoms with E-state index < -0.39 is 17.2 Å². The summed E-state index contributed by atoms with van der Waals surface area (Å²) in [5.41, 5.74) is -0.146. The third kappa shape index (κ3) is 4.37. The summed E-state index contributed by atoms with van der Waals surface area (Å²) in [6.45, 7) is 3.19. The Kier molecular flexibility index (Phi) is 6.55. The second-order valence-electron chi connectivity index (χ2n) is 11.7. The van der Waals surface area contributed by atoms with Crippen molar-refractivity contribution in [3.63, 3.8) is 0 Å². The van der Waals surface area contributed by atoms with E-state index in [0.29, 0.717) is 47.3 Å². The lowest BCUT2D eigenvalue weighted by Gasteiger charge is -2.39. The van der Waals surface area contributed by atoms with Crippen molar-refractivity contribution in [3.8, 4) is 23.6 Å². The van der Waals surface area contributed by atoms with Crippen LogP contribution in [0.1, 0.15) is 31.2 Å². The Hall–Kier alpha value is -4.14. The number of pyridine rings is 2. The van der Waals surface area contributed by atoms with E-state index >= 15 is 4.39 Å². The molecule has 3 aliphatic heterocycles. The number of fused-ring (bicyclic) bond motifs is 4. The van der Waals surface area contributed by atoms with Crippen molar-refractivity contribution in [1.29, 1.82) is 0 Å². The molecule has 0 amide bonds. The number of likely N-dealkylation sites (N-methyl/N-ethyl adjacent to an activating group) is 2. The van der Waals surface area contributed by atoms with Gasteiger partial charge in [0.15, 0.2) is 5.82 Å². The van der Waals surface area contributed by atoms with E-state index in [1.165, 1.54) is 18.2 Å². The molecule has 4 aromatic rings. The van der Waals surface area contributed by atoms with E-state index in [-0.39, 0.29) is 27.7 Å². The van der Waals surface area contributed by atoms with Gasteiger partial charge in [-0.25, -0.2) is 13.8 Å². The van der Waals surface area contributed by atoms with Gasteiger partial charge in [0, 0.05) is 68.0 Å². The van der Waals surface area contributed by atoms with Crippen LogP contribution in [0.3, 0.4) is 0 Å². The lowest BCUT2D eigenvalue weighted by Crippen LogP contribution is -2.52. The van der Waals surface area contributed by atoms with Crippen LogP contribution < -0.4 is 20.7 Å². The van der Waals surface area contributed by atoms with Gasteiger partial charge in [-0.05, 0) is 51.4 Å². The van der Waals surface area contributed by atoms with Crippen molar-refractivity contribution in [2.45, 2.75) is 43.8 Å². The van der Waals surface area contributed by atoms with E-state index in [1.54, 1.807) is 6.20 Å². The summed E-state index contributed by atoms with van der Waals surface area (Å²) < 4.78 is 31.5. The molecule has 1 aromatic carbocycles. The van der Waals surface area contributed by atoms with E-state index in [4.69, 9.17) is 16.4 Å². The normalized spacial score (nSPS) is 22.3. The highest BCUT2D eigenvalue weighted by atomic mass is 19.1. The Morgan fingerprint density at radius 2 is 1.95 bits per heavy atom. The number of aromatic nitrogens is 4. The van der Waals surface area contributed by atoms with Crippen molar-refractivity contribution >= 4 is 33.6 Å². The molecule has 2 N–H and O–H groups in total. The van der Waals surface area contributed by atoms with Crippen LogP contribution in [0.4, 0.5) is 20.5 Å². The van der Waals surface area contributed by atoms with Gasteiger partial charge in [-0.2, -0.15) is 4.98 Å². The van der Waals surface area contributed by atoms with E-state index in [1.807, 2.05) is 11.9 Å². The quantitative estimate of drug-likeness (QED) is 0.354. The molecule has 3 saturated heterocycles. The lowest BCUT2D eigenvalue weighted by molar-refractivity contribution is 0.211. The smallest absolute Gasteiger partial charge is 0.249 e. The molecule has 7 rings (SSSR count). The number of H-pyrrole nitrogens is 1. The Morgan fingerprint density at radius 3 is 2.67 bits per heavy atom. The van der Waals surface area contributed by atoms with Gasteiger partial charge in [-0.1, -0.05) is 5.92 Å². The van der Waals surface area contributed by atoms with Crippen LogP contribution in [0.2, 0.25) is 0 Å². The summed E-state index contributed by atoms with van der Waals surface area (Å²) in [5.74, 6) is 2.07. The molecular formula is C31H32F2N8O. The zero-order chi connectivity index (χ0) is 29.1. The first kappa shape index (κ1) is 26.7. The summed E-state index contributed by atoms with van der Waals surface area (Å²) in [7, 11) is 4.11. The van der Waals surface area contributed by atoms with Crippen molar-refractivity contribution in [2.24, 2.45) is 0 Å². The number of rotatable bonds is 5. The van der Waals surface area contributed by atoms with Gasteiger partial charge >= 0.3 is 0 Å². The van der Waals surface area contributed by atoms with E-state index in [0.717, 1.165) is 45.3 Å². The molecule has 42 heavy (non-hydrogen) atoms. The molecule has 2 unspecified atom stereocenters. The molecule has 2 bridgehead atoms. The Bertz CT molecular complexity index is 1800. The van der Waals surface area contributed by atoms with Crippen molar-refractivity contribution in [3.05, 3.63) is 51.9 Å². The second kappa shape index (κ2) is 10.3. The lowest BCUT2D eigenvalue weighted by atomic mass is 9.99. The molecule has 3 aliphatic rings. The first-order valence-electron chi connectivity index (χ1n) is 14.4. The molecule has 0 saturated carbocycles. The number of aromatic amines is 1. The van der Waals surface area contributed by atoms with E-state index in [2.05, 4.69) is 38.1 Å². The summed E-state index contributed by atoms with van der Waals surface area (Å²) >= 11 is 0. The highest BCUT2D eigenvalue weighted by Crippen LogP contribution is 2.37. The molecule has 0 radical (unpaired) electrons. The molecule has 3 atom stereocenters. The fraction of sp³-hybridized carbons (Fsp3) is 0.419. The topological polar surface area (TPSA) is 93.3 Å². The molecule has 3 aromatic heterocycles. The second-order valence-corrected chi connectivity index (χ2v) is 11.7. The monoisotopic (exact) mass is 570 g/mol. The van der Waals surface area contributed by atoms with Crippen molar-refractivity contribution < 1.29 is 8.78 Å². The van der Waals surface area contributed by atoms with Crippen LogP contribution in [0.15, 0.2) is 29.2 Å². The predicted molar refractivity (Wildman–Crippen MR) is 160 cm³/mol. The maximum Gasteiger partial charge on any atom is 0.249 e. The van der Waals surface area contributed by atoms with Gasteiger partial charge in [0.05, 0.1) is 16.5 Å². The van der Waals surface area contributed by atoms with Crippen molar-refractivity contribution in [2.75, 3.05) is 50.1 Å². The molecule has 11 heteroatoms. The summed E-state index contributed by atoms with van der Waals surface area (Å²) in [5, 5.41) is 4.21. The Balaban J connectivity index is 1.42. The molecule has 9 nitrogen and oxygen atoms in total. The minimum atomic E-state index is -0.707. The number of hydrogen-bond donors (Lipinski definition) is 2. The minimum Gasteiger partial charge on any atom is -0.357 e. The van der Waals surface area contributed by atoms with Gasteiger partial charge in [-0.15, -0.1) is 6.42 Å². The highest BCUT2D eigenvalue weighted by Gasteiger charge is 2.38. The molecule has 0 aliphatic carbocycles. The maximum atomic E-state index is 16.7. The summed E-state index contributed by atoms with van der Waals surface area (Å²) in [6, 6.07) is 4.90. The number of halogens is 2. The fourth-order valence-electron chi connectivity index (χ4n) is 6.92. The van der Waals surface area contributed by atoms with Crippen LogP contribution in [-0.2, 0) is 0 Å². The third-order valence-corrected chi connectivity index (χ3v) is 9.16. The maximum absolute atomic E-state index is 16.7. The molecule has 6 heterocycles. The Labute approximate surface area is 242 Å². The van der Waals surface area contributed by atoms with Gasteiger partial charge in [0.25, 0.3) is 0 Å². The van der Waals surface area contributed by atoms with Crippen LogP contribution in [0.5, 0.6) is 0 Å². The van der Waals surface area contributed by atoms with Gasteiger partial charge in [0.1, 0.15) is 22.8 Å². The third-order valence-electron chi connectivity index (χ3n) is 9.16. The summed E-state index contributed by atoms with van der Waals surface area (Å²) in [4.78, 5) is 36.1. The number of terminal acetylenes is 1. The van der Waals surface area contributed by atoms with Gasteiger partial charge < -0.3 is 20.1 Å². The van der Waals surface area contributed by atoms with Gasteiger partial charge in [0.2, 0.25) is 11.5 Å². The van der Waals surface area contributed by atoms with Crippen LogP contribution in [-0.4, -0.2) is 83.2 Å². The van der Waals surface area contributed by atoms with Crippen LogP contribution in [0.25, 0.3) is 33.1 Å². The van der Waals surface area contributed by atoms with E-state index in [9.17, 15) is 9.18 Å². The Morgan fingerprint density at radius 1 is 1.17 bits per heavy atom. The first-order chi connectivity index (χ1) is 20.3. The van der Waals surface area contributed by atoms with Crippen LogP contribution in [0, 0.1) is 24.0 Å². The predicted octanol–water partition coefficient (Wildman–Crippen LogP) is 3.26. The number of hydrogen-bond acceptors (Lipinski definition) is 8. The number of benzene rings is 1. The zero-order valence-electron chi connectivity index (χ0n) is 23.6. The average molecular weight is 571 g/mol. The fourth-order valence-corrected chi connectivity index (χ4v) is 6.92. The summed E-state index contributed by atoms with van der Waals surface area (Å²) in [6.07, 6.45) is 11.6. The zero-order valence-corrected chi connectivity index (χ0v) is 23.6. The number of nitrogens with one attached hydrogen (secondary N) is 2.